The lowest BCUT2D eigenvalue weighted by molar-refractivity contribution is -0.161. The van der Waals surface area contributed by atoms with E-state index in [1.165, 1.54) is 225 Å². The van der Waals surface area contributed by atoms with Crippen molar-refractivity contribution in [1.82, 2.24) is 0 Å². The largest absolute Gasteiger partial charge is 0.472 e. The molecule has 588 valence electrons. The molecule has 0 heterocycles. The Kier molecular flexibility index (Phi) is 69.0. The van der Waals surface area contributed by atoms with Crippen molar-refractivity contribution in [1.29, 1.82) is 0 Å². The molecular weight excluding hydrogens is 1290 g/mol. The molecule has 6 atom stereocenters. The molecule has 0 aliphatic carbocycles. The number of phosphoric ester groups is 2. The number of carbonyl (C=O) groups excluding carboxylic acids is 4. The first kappa shape index (κ1) is 97.1. The Morgan fingerprint density at radius 1 is 0.293 bits per heavy atom. The van der Waals surface area contributed by atoms with E-state index in [-0.39, 0.29) is 25.7 Å². The maximum absolute atomic E-state index is 13.1. The van der Waals surface area contributed by atoms with Crippen molar-refractivity contribution in [3.05, 3.63) is 0 Å². The van der Waals surface area contributed by atoms with Crippen LogP contribution in [0.1, 0.15) is 414 Å². The summed E-state index contributed by atoms with van der Waals surface area (Å²) in [7, 11) is -9.92. The van der Waals surface area contributed by atoms with Crippen molar-refractivity contribution < 1.29 is 80.2 Å². The Morgan fingerprint density at radius 2 is 0.515 bits per heavy atom. The van der Waals surface area contributed by atoms with Crippen molar-refractivity contribution >= 4 is 39.5 Å². The monoisotopic (exact) mass is 1450 g/mol. The van der Waals surface area contributed by atoms with E-state index in [1.54, 1.807) is 0 Å². The summed E-state index contributed by atoms with van der Waals surface area (Å²) in [6, 6.07) is 0. The van der Waals surface area contributed by atoms with Gasteiger partial charge in [0.25, 0.3) is 0 Å². The number of phosphoric acid groups is 2. The van der Waals surface area contributed by atoms with Crippen LogP contribution in [0.3, 0.4) is 0 Å². The maximum Gasteiger partial charge on any atom is 0.472 e. The van der Waals surface area contributed by atoms with E-state index < -0.39 is 97.5 Å². The minimum atomic E-state index is -4.96. The maximum atomic E-state index is 13.1. The Balaban J connectivity index is 5.23. The van der Waals surface area contributed by atoms with Crippen LogP contribution in [0.2, 0.25) is 0 Å². The Bertz CT molecular complexity index is 1920. The fraction of sp³-hybridized carbons (Fsp3) is 0.950. The zero-order valence-electron chi connectivity index (χ0n) is 65.0. The molecule has 19 heteroatoms. The number of hydrogen-bond acceptors (Lipinski definition) is 15. The highest BCUT2D eigenvalue weighted by atomic mass is 31.2. The van der Waals surface area contributed by atoms with E-state index >= 15 is 0 Å². The van der Waals surface area contributed by atoms with Gasteiger partial charge in [-0.3, -0.25) is 37.3 Å². The summed E-state index contributed by atoms with van der Waals surface area (Å²) in [5.41, 5.74) is 0. The fourth-order valence-corrected chi connectivity index (χ4v) is 13.9. The standard InChI is InChI=1S/C80H156O17P2/c1-8-10-11-12-13-14-15-16-21-25-28-31-40-47-54-61-77(82)90-67-75(96-79(84)63-56-49-42-32-29-26-23-20-18-17-19-22-24-27-30-37-44-51-58-71(3)4)69-94-98(86,87)92-65-74(81)66-93-99(88,89)95-70-76(68-91-78(83)62-55-48-41-35-33-38-45-52-59-72(5)6)97-80(85)64-57-50-43-36-34-39-46-53-60-73(7)9-2/h71-76,81H,8-70H2,1-7H3,(H,86,87)(H,88,89)/t73?,74-,75-,76-/m1/s1. The summed E-state index contributed by atoms with van der Waals surface area (Å²) in [4.78, 5) is 73.0. The normalized spacial score (nSPS) is 14.3. The fourth-order valence-electron chi connectivity index (χ4n) is 12.3. The van der Waals surface area contributed by atoms with Gasteiger partial charge in [0.2, 0.25) is 0 Å². The molecule has 0 amide bonds. The van der Waals surface area contributed by atoms with E-state index in [4.69, 9.17) is 37.0 Å². The van der Waals surface area contributed by atoms with Crippen LogP contribution < -0.4 is 0 Å². The summed E-state index contributed by atoms with van der Waals surface area (Å²) < 4.78 is 68.7. The first-order valence-electron chi connectivity index (χ1n) is 41.4. The number of carbonyl (C=O) groups is 4. The van der Waals surface area contributed by atoms with Crippen LogP contribution in [-0.2, 0) is 65.4 Å². The van der Waals surface area contributed by atoms with Crippen molar-refractivity contribution in [3.63, 3.8) is 0 Å². The van der Waals surface area contributed by atoms with Crippen molar-refractivity contribution in [2.75, 3.05) is 39.6 Å². The average Bonchev–Trinajstić information content (AvgIpc) is 0.994. The molecule has 17 nitrogen and oxygen atoms in total. The number of ether oxygens (including phenoxy) is 4. The van der Waals surface area contributed by atoms with Crippen LogP contribution in [0, 0.1) is 17.8 Å². The van der Waals surface area contributed by atoms with Gasteiger partial charge in [0.15, 0.2) is 12.2 Å². The second kappa shape index (κ2) is 70.4. The predicted molar refractivity (Wildman–Crippen MR) is 405 cm³/mol. The SMILES string of the molecule is CCCCCCCCCCCCCCCCCC(=O)OC[C@H](COP(=O)(O)OC[C@@H](O)COP(=O)(O)OC[C@@H](COC(=O)CCCCCCCCCCC(C)C)OC(=O)CCCCCCCCCCC(C)CC)OC(=O)CCCCCCCCCCCCCCCCCCCCC(C)C. The molecule has 0 aromatic heterocycles. The van der Waals surface area contributed by atoms with E-state index in [2.05, 4.69) is 48.5 Å². The van der Waals surface area contributed by atoms with Crippen molar-refractivity contribution in [3.8, 4) is 0 Å². The van der Waals surface area contributed by atoms with Crippen LogP contribution in [0.25, 0.3) is 0 Å². The Morgan fingerprint density at radius 3 is 0.768 bits per heavy atom. The predicted octanol–water partition coefficient (Wildman–Crippen LogP) is 23.7. The highest BCUT2D eigenvalue weighted by Crippen LogP contribution is 2.45. The zero-order valence-corrected chi connectivity index (χ0v) is 66.8. The minimum Gasteiger partial charge on any atom is -0.462 e. The Labute approximate surface area is 607 Å². The van der Waals surface area contributed by atoms with E-state index in [0.29, 0.717) is 25.7 Å². The van der Waals surface area contributed by atoms with Gasteiger partial charge in [0.05, 0.1) is 26.4 Å². The molecule has 0 radical (unpaired) electrons. The molecule has 0 aromatic rings. The number of rotatable bonds is 78. The number of aliphatic hydroxyl groups excluding tert-OH is 1. The average molecular weight is 1450 g/mol. The number of hydrogen-bond donors (Lipinski definition) is 3. The van der Waals surface area contributed by atoms with Gasteiger partial charge < -0.3 is 33.8 Å². The number of esters is 4. The lowest BCUT2D eigenvalue weighted by atomic mass is 9.99. The third-order valence-corrected chi connectivity index (χ3v) is 20.9. The van der Waals surface area contributed by atoms with E-state index in [0.717, 1.165) is 108 Å². The quantitative estimate of drug-likeness (QED) is 0.0222. The molecule has 0 rings (SSSR count). The lowest BCUT2D eigenvalue weighted by Crippen LogP contribution is -2.30. The number of aliphatic hydroxyl groups is 1. The third kappa shape index (κ3) is 72.8. The van der Waals surface area contributed by atoms with Crippen molar-refractivity contribution in [2.45, 2.75) is 433 Å². The molecule has 3 N–H and O–H groups in total. The van der Waals surface area contributed by atoms with Crippen LogP contribution in [0.5, 0.6) is 0 Å². The van der Waals surface area contributed by atoms with Gasteiger partial charge in [-0.25, -0.2) is 9.13 Å². The van der Waals surface area contributed by atoms with Gasteiger partial charge in [0.1, 0.15) is 19.3 Å². The number of unbranched alkanes of at least 4 members (excludes halogenated alkanes) is 45. The summed E-state index contributed by atoms with van der Waals surface area (Å²) in [5, 5.41) is 10.6. The molecule has 0 spiro atoms. The molecule has 0 saturated heterocycles. The molecule has 99 heavy (non-hydrogen) atoms. The molecule has 0 bridgehead atoms. The summed E-state index contributed by atoms with van der Waals surface area (Å²) >= 11 is 0. The van der Waals surface area contributed by atoms with Gasteiger partial charge in [-0.2, -0.15) is 0 Å². The first-order valence-corrected chi connectivity index (χ1v) is 44.4. The Hall–Kier alpha value is -1.94. The van der Waals surface area contributed by atoms with Gasteiger partial charge in [-0.1, -0.05) is 363 Å². The van der Waals surface area contributed by atoms with Crippen LogP contribution in [0.15, 0.2) is 0 Å². The van der Waals surface area contributed by atoms with Gasteiger partial charge in [-0.15, -0.1) is 0 Å². The molecule has 0 fully saturated rings. The molecule has 0 aliphatic rings. The van der Waals surface area contributed by atoms with Crippen LogP contribution in [0.4, 0.5) is 0 Å². The first-order chi connectivity index (χ1) is 47.8. The van der Waals surface area contributed by atoms with Gasteiger partial charge in [0, 0.05) is 25.7 Å². The van der Waals surface area contributed by atoms with Gasteiger partial charge in [-0.05, 0) is 43.4 Å². The zero-order chi connectivity index (χ0) is 73.0. The smallest absolute Gasteiger partial charge is 0.462 e. The van der Waals surface area contributed by atoms with Crippen LogP contribution in [-0.4, -0.2) is 96.7 Å². The minimum absolute atomic E-state index is 0.104. The second-order valence-electron chi connectivity index (χ2n) is 30.0. The molecule has 0 saturated carbocycles. The third-order valence-electron chi connectivity index (χ3n) is 19.0. The van der Waals surface area contributed by atoms with Crippen molar-refractivity contribution in [2.24, 2.45) is 17.8 Å². The highest BCUT2D eigenvalue weighted by Gasteiger charge is 2.30. The molecule has 3 unspecified atom stereocenters. The van der Waals surface area contributed by atoms with E-state index in [9.17, 15) is 43.2 Å². The summed E-state index contributed by atoms with van der Waals surface area (Å²) in [6.07, 6.45) is 58.3. The van der Waals surface area contributed by atoms with E-state index in [1.807, 2.05) is 0 Å². The molecule has 0 aromatic carbocycles. The highest BCUT2D eigenvalue weighted by molar-refractivity contribution is 7.47. The topological polar surface area (TPSA) is 237 Å². The second-order valence-corrected chi connectivity index (χ2v) is 32.9. The summed E-state index contributed by atoms with van der Waals surface area (Å²) in [6.45, 7) is 11.9. The lowest BCUT2D eigenvalue weighted by Gasteiger charge is -2.21. The van der Waals surface area contributed by atoms with Crippen LogP contribution >= 0.6 is 15.6 Å². The molecular formula is C80H156O17P2. The molecule has 0 aliphatic heterocycles. The van der Waals surface area contributed by atoms with Gasteiger partial charge >= 0.3 is 39.5 Å². The summed E-state index contributed by atoms with van der Waals surface area (Å²) in [5.74, 6) is 0.202.